The first-order valence-electron chi connectivity index (χ1n) is 5.54. The second-order valence-electron chi connectivity index (χ2n) is 3.91. The smallest absolute Gasteiger partial charge is 0.263 e. The summed E-state index contributed by atoms with van der Waals surface area (Å²) in [6.07, 6.45) is 0. The summed E-state index contributed by atoms with van der Waals surface area (Å²) in [5.74, 6) is -0.0919. The SMILES string of the molecule is COc1ccc(S(=O)(=O)Nc2cccc(F)c2)c(Cl)c1. The number of sulfonamides is 1. The summed E-state index contributed by atoms with van der Waals surface area (Å²) in [7, 11) is -2.44. The van der Waals surface area contributed by atoms with Gasteiger partial charge in [-0.05, 0) is 30.3 Å². The largest absolute Gasteiger partial charge is 0.497 e. The van der Waals surface area contributed by atoms with E-state index in [-0.39, 0.29) is 15.6 Å². The van der Waals surface area contributed by atoms with Crippen LogP contribution in [0.25, 0.3) is 0 Å². The van der Waals surface area contributed by atoms with Crippen molar-refractivity contribution < 1.29 is 17.5 Å². The van der Waals surface area contributed by atoms with Crippen LogP contribution < -0.4 is 9.46 Å². The van der Waals surface area contributed by atoms with E-state index in [0.29, 0.717) is 5.75 Å². The van der Waals surface area contributed by atoms with Crippen molar-refractivity contribution in [2.24, 2.45) is 0 Å². The highest BCUT2D eigenvalue weighted by Gasteiger charge is 2.18. The first-order valence-corrected chi connectivity index (χ1v) is 7.40. The highest BCUT2D eigenvalue weighted by Crippen LogP contribution is 2.27. The summed E-state index contributed by atoms with van der Waals surface area (Å²) < 4.78 is 44.6. The van der Waals surface area contributed by atoms with E-state index in [1.54, 1.807) is 0 Å². The van der Waals surface area contributed by atoms with Gasteiger partial charge in [-0.3, -0.25) is 4.72 Å². The van der Waals surface area contributed by atoms with Crippen molar-refractivity contribution in [3.8, 4) is 5.75 Å². The zero-order valence-corrected chi connectivity index (χ0v) is 12.0. The van der Waals surface area contributed by atoms with Crippen LogP contribution in [0.4, 0.5) is 10.1 Å². The highest BCUT2D eigenvalue weighted by atomic mass is 35.5. The van der Waals surface area contributed by atoms with Crippen LogP contribution in [0.1, 0.15) is 0 Å². The molecule has 0 bridgehead atoms. The summed E-state index contributed by atoms with van der Waals surface area (Å²) in [5, 5.41) is 0.0215. The van der Waals surface area contributed by atoms with Gasteiger partial charge in [-0.15, -0.1) is 0 Å². The van der Waals surface area contributed by atoms with Crippen LogP contribution in [-0.2, 0) is 10.0 Å². The second kappa shape index (κ2) is 5.68. The lowest BCUT2D eigenvalue weighted by Gasteiger charge is -2.10. The lowest BCUT2D eigenvalue weighted by atomic mass is 10.3. The molecule has 0 saturated heterocycles. The number of hydrogen-bond donors (Lipinski definition) is 1. The third-order valence-corrected chi connectivity index (χ3v) is 4.37. The Morgan fingerprint density at radius 2 is 1.95 bits per heavy atom. The molecule has 0 unspecified atom stereocenters. The van der Waals surface area contributed by atoms with Crippen LogP contribution in [0.5, 0.6) is 5.75 Å². The summed E-state index contributed by atoms with van der Waals surface area (Å²) in [5.41, 5.74) is 0.122. The van der Waals surface area contributed by atoms with Gasteiger partial charge in [0.15, 0.2) is 0 Å². The van der Waals surface area contributed by atoms with Crippen LogP contribution in [0.15, 0.2) is 47.4 Å². The number of ether oxygens (including phenoxy) is 1. The Hall–Kier alpha value is -1.79. The average Bonchev–Trinajstić information content (AvgIpc) is 2.37. The van der Waals surface area contributed by atoms with Crippen LogP contribution >= 0.6 is 11.6 Å². The van der Waals surface area contributed by atoms with E-state index in [0.717, 1.165) is 6.07 Å². The predicted molar refractivity (Wildman–Crippen MR) is 75.2 cm³/mol. The van der Waals surface area contributed by atoms with E-state index in [9.17, 15) is 12.8 Å². The molecule has 0 atom stereocenters. The normalized spacial score (nSPS) is 11.2. The van der Waals surface area contributed by atoms with E-state index in [4.69, 9.17) is 16.3 Å². The number of anilines is 1. The van der Waals surface area contributed by atoms with Gasteiger partial charge in [0, 0.05) is 6.07 Å². The molecule has 0 aliphatic heterocycles. The van der Waals surface area contributed by atoms with E-state index in [2.05, 4.69) is 4.72 Å². The molecule has 1 N–H and O–H groups in total. The Morgan fingerprint density at radius 1 is 1.20 bits per heavy atom. The van der Waals surface area contributed by atoms with Gasteiger partial charge in [-0.1, -0.05) is 17.7 Å². The summed E-state index contributed by atoms with van der Waals surface area (Å²) >= 11 is 5.92. The maximum Gasteiger partial charge on any atom is 0.263 e. The molecule has 0 aliphatic rings. The van der Waals surface area contributed by atoms with Gasteiger partial charge in [-0.2, -0.15) is 0 Å². The average molecular weight is 316 g/mol. The lowest BCUT2D eigenvalue weighted by molar-refractivity contribution is 0.414. The maximum absolute atomic E-state index is 13.0. The minimum Gasteiger partial charge on any atom is -0.497 e. The second-order valence-corrected chi connectivity index (χ2v) is 5.97. The van der Waals surface area contributed by atoms with E-state index >= 15 is 0 Å². The van der Waals surface area contributed by atoms with Gasteiger partial charge >= 0.3 is 0 Å². The summed E-state index contributed by atoms with van der Waals surface area (Å²) in [4.78, 5) is -0.107. The Morgan fingerprint density at radius 3 is 2.55 bits per heavy atom. The van der Waals surface area contributed by atoms with Crippen molar-refractivity contribution in [1.29, 1.82) is 0 Å². The molecule has 0 saturated carbocycles. The Kier molecular flexibility index (Phi) is 4.15. The molecule has 2 rings (SSSR count). The molecular formula is C13H11ClFNO3S. The van der Waals surface area contributed by atoms with Gasteiger partial charge in [-0.25, -0.2) is 12.8 Å². The van der Waals surface area contributed by atoms with Gasteiger partial charge in [0.05, 0.1) is 17.8 Å². The fourth-order valence-electron chi connectivity index (χ4n) is 1.59. The van der Waals surface area contributed by atoms with Crippen LogP contribution in [0, 0.1) is 5.82 Å². The highest BCUT2D eigenvalue weighted by molar-refractivity contribution is 7.92. The predicted octanol–water partition coefficient (Wildman–Crippen LogP) is 3.29. The first kappa shape index (κ1) is 14.6. The molecule has 0 amide bonds. The zero-order chi connectivity index (χ0) is 14.8. The van der Waals surface area contributed by atoms with Gasteiger partial charge in [0.1, 0.15) is 16.5 Å². The zero-order valence-electron chi connectivity index (χ0n) is 10.4. The molecule has 0 aromatic heterocycles. The Balaban J connectivity index is 2.36. The van der Waals surface area contributed by atoms with Crippen molar-refractivity contribution in [1.82, 2.24) is 0 Å². The number of benzene rings is 2. The van der Waals surface area contributed by atoms with Crippen molar-refractivity contribution in [3.63, 3.8) is 0 Å². The topological polar surface area (TPSA) is 55.4 Å². The number of nitrogens with one attached hydrogen (secondary N) is 1. The van der Waals surface area contributed by atoms with E-state index in [1.807, 2.05) is 0 Å². The maximum atomic E-state index is 13.0. The quantitative estimate of drug-likeness (QED) is 0.942. The first-order chi connectivity index (χ1) is 9.42. The monoisotopic (exact) mass is 315 g/mol. The molecule has 0 spiro atoms. The standard InChI is InChI=1S/C13H11ClFNO3S/c1-19-11-5-6-13(12(14)8-11)20(17,18)16-10-4-2-3-9(15)7-10/h2-8,16H,1H3. The van der Waals surface area contributed by atoms with Crippen molar-refractivity contribution in [2.75, 3.05) is 11.8 Å². The van der Waals surface area contributed by atoms with Crippen LogP contribution in [0.3, 0.4) is 0 Å². The van der Waals surface area contributed by atoms with Crippen LogP contribution in [-0.4, -0.2) is 15.5 Å². The van der Waals surface area contributed by atoms with Crippen LogP contribution in [0.2, 0.25) is 5.02 Å². The Labute approximate surface area is 121 Å². The lowest BCUT2D eigenvalue weighted by Crippen LogP contribution is -2.13. The Bertz CT molecular complexity index is 734. The molecule has 0 aliphatic carbocycles. The van der Waals surface area contributed by atoms with Gasteiger partial charge in [0.25, 0.3) is 10.0 Å². The fourth-order valence-corrected chi connectivity index (χ4v) is 3.17. The number of halogens is 2. The third-order valence-electron chi connectivity index (χ3n) is 2.51. The summed E-state index contributed by atoms with van der Waals surface area (Å²) in [6, 6.07) is 9.34. The molecule has 0 fully saturated rings. The minimum atomic E-state index is -3.89. The number of methoxy groups -OCH3 is 1. The molecule has 7 heteroatoms. The number of hydrogen-bond acceptors (Lipinski definition) is 3. The third kappa shape index (κ3) is 3.20. The van der Waals surface area contributed by atoms with E-state index in [1.165, 1.54) is 43.5 Å². The molecule has 20 heavy (non-hydrogen) atoms. The molecule has 0 heterocycles. The molecule has 0 radical (unpaired) electrons. The molecule has 106 valence electrons. The number of rotatable bonds is 4. The van der Waals surface area contributed by atoms with Crippen molar-refractivity contribution >= 4 is 27.3 Å². The van der Waals surface area contributed by atoms with E-state index < -0.39 is 15.8 Å². The van der Waals surface area contributed by atoms with Crippen molar-refractivity contribution in [2.45, 2.75) is 4.90 Å². The fraction of sp³-hybridized carbons (Fsp3) is 0.0769. The molecule has 2 aromatic rings. The van der Waals surface area contributed by atoms with Gasteiger partial charge in [0.2, 0.25) is 0 Å². The van der Waals surface area contributed by atoms with Gasteiger partial charge < -0.3 is 4.74 Å². The molecule has 2 aromatic carbocycles. The summed E-state index contributed by atoms with van der Waals surface area (Å²) in [6.45, 7) is 0. The van der Waals surface area contributed by atoms with Crippen molar-refractivity contribution in [3.05, 3.63) is 53.3 Å². The minimum absolute atomic E-state index is 0.0215. The molecule has 4 nitrogen and oxygen atoms in total. The molecular weight excluding hydrogens is 305 g/mol.